The quantitative estimate of drug-likeness (QED) is 0.480. The number of nitrogens with zero attached hydrogens (tertiary/aromatic N) is 3. The minimum atomic E-state index is -2.68. The zero-order valence-electron chi connectivity index (χ0n) is 19.2. The van der Waals surface area contributed by atoms with Gasteiger partial charge in [-0.25, -0.2) is 23.1 Å². The minimum Gasteiger partial charge on any atom is -0.484 e. The molecule has 0 fully saturated rings. The molecule has 0 saturated carbocycles. The van der Waals surface area contributed by atoms with Gasteiger partial charge in [-0.05, 0) is 43.4 Å². The molecule has 3 aromatic rings. The van der Waals surface area contributed by atoms with Crippen LogP contribution in [0.25, 0.3) is 11.3 Å². The van der Waals surface area contributed by atoms with Crippen LogP contribution in [0.4, 0.5) is 13.2 Å². The normalized spacial score (nSPS) is 15.9. The molecule has 0 spiro atoms. The van der Waals surface area contributed by atoms with Gasteiger partial charge in [0.1, 0.15) is 17.5 Å². The fraction of sp³-hybridized carbons (Fsp3) is 0.360. The summed E-state index contributed by atoms with van der Waals surface area (Å²) in [6.45, 7) is 2.55. The molecular formula is C25H24F3N3O4. The van der Waals surface area contributed by atoms with Gasteiger partial charge in [-0.1, -0.05) is 19.1 Å². The number of pyridine rings is 1. The summed E-state index contributed by atoms with van der Waals surface area (Å²) in [6.07, 6.45) is 1.06. The maximum absolute atomic E-state index is 14.4. The molecule has 0 aliphatic carbocycles. The van der Waals surface area contributed by atoms with Crippen LogP contribution in [0.15, 0.2) is 36.7 Å². The second-order valence-corrected chi connectivity index (χ2v) is 8.46. The molecule has 4 rings (SSSR count). The smallest absolute Gasteiger partial charge is 0.306 e. The highest BCUT2D eigenvalue weighted by Gasteiger charge is 2.26. The molecule has 35 heavy (non-hydrogen) atoms. The highest BCUT2D eigenvalue weighted by atomic mass is 19.3. The van der Waals surface area contributed by atoms with Crippen molar-refractivity contribution in [1.29, 1.82) is 0 Å². The van der Waals surface area contributed by atoms with Crippen molar-refractivity contribution in [2.75, 3.05) is 6.61 Å². The predicted octanol–water partition coefficient (Wildman–Crippen LogP) is 4.96. The molecule has 1 N–H and O–H groups in total. The average molecular weight is 487 g/mol. The zero-order chi connectivity index (χ0) is 25.1. The Kier molecular flexibility index (Phi) is 7.18. The van der Waals surface area contributed by atoms with Gasteiger partial charge in [0.05, 0.1) is 29.7 Å². The Morgan fingerprint density at radius 3 is 2.77 bits per heavy atom. The van der Waals surface area contributed by atoms with Crippen LogP contribution in [0, 0.1) is 18.7 Å². The van der Waals surface area contributed by atoms with E-state index < -0.39 is 30.7 Å². The van der Waals surface area contributed by atoms with Crippen molar-refractivity contribution in [2.24, 2.45) is 5.92 Å². The Morgan fingerprint density at radius 1 is 1.26 bits per heavy atom. The molecule has 1 aromatic carbocycles. The molecule has 3 heterocycles. The van der Waals surface area contributed by atoms with Crippen LogP contribution in [-0.2, 0) is 17.6 Å². The van der Waals surface area contributed by atoms with Crippen molar-refractivity contribution in [3.63, 3.8) is 0 Å². The number of ether oxygens (including phenoxy) is 2. The van der Waals surface area contributed by atoms with Gasteiger partial charge in [-0.2, -0.15) is 0 Å². The molecule has 0 bridgehead atoms. The standard InChI is InChI=1S/C25H24F3N3O4/c1-13(25(32)33)7-15-3-4-16-5-6-20(35-21(16)8-15)24-14(2)31-19(11-30-24)17-9-23(29-10-18(17)26)34-12-22(27)28/h3-4,8-11,13,20,22H,5-7,12H2,1-2H3,(H,32,33). The van der Waals surface area contributed by atoms with Crippen LogP contribution in [-0.4, -0.2) is 39.1 Å². The Labute approximate surface area is 200 Å². The van der Waals surface area contributed by atoms with E-state index in [1.165, 1.54) is 12.3 Å². The van der Waals surface area contributed by atoms with E-state index in [1.807, 2.05) is 18.2 Å². The summed E-state index contributed by atoms with van der Waals surface area (Å²) < 4.78 is 50.3. The van der Waals surface area contributed by atoms with Gasteiger partial charge in [-0.3, -0.25) is 9.78 Å². The summed E-state index contributed by atoms with van der Waals surface area (Å²) in [5.74, 6) is -1.50. The van der Waals surface area contributed by atoms with E-state index in [1.54, 1.807) is 13.8 Å². The number of halogens is 3. The molecule has 1 aliphatic rings. The monoisotopic (exact) mass is 487 g/mol. The lowest BCUT2D eigenvalue weighted by molar-refractivity contribution is -0.141. The molecule has 2 atom stereocenters. The first-order valence-corrected chi connectivity index (χ1v) is 11.1. The zero-order valence-corrected chi connectivity index (χ0v) is 19.2. The van der Waals surface area contributed by atoms with Crippen molar-refractivity contribution in [3.8, 4) is 22.9 Å². The Hall–Kier alpha value is -3.69. The fourth-order valence-electron chi connectivity index (χ4n) is 3.95. The van der Waals surface area contributed by atoms with Crippen molar-refractivity contribution < 1.29 is 32.5 Å². The number of fused-ring (bicyclic) bond motifs is 1. The van der Waals surface area contributed by atoms with Crippen LogP contribution >= 0.6 is 0 Å². The third kappa shape index (κ3) is 5.70. The SMILES string of the molecule is Cc1nc(-c2cc(OCC(F)F)ncc2F)cnc1C1CCc2ccc(CC(C)C(=O)O)cc2O1. The van der Waals surface area contributed by atoms with Gasteiger partial charge in [0.2, 0.25) is 5.88 Å². The lowest BCUT2D eigenvalue weighted by Gasteiger charge is -2.27. The molecule has 10 heteroatoms. The molecule has 0 amide bonds. The largest absolute Gasteiger partial charge is 0.484 e. The van der Waals surface area contributed by atoms with E-state index in [2.05, 4.69) is 15.0 Å². The predicted molar refractivity (Wildman–Crippen MR) is 120 cm³/mol. The fourth-order valence-corrected chi connectivity index (χ4v) is 3.95. The number of carboxylic acids is 1. The maximum Gasteiger partial charge on any atom is 0.306 e. The van der Waals surface area contributed by atoms with Crippen molar-refractivity contribution in [3.05, 3.63) is 65.0 Å². The number of carboxylic acid groups (broad SMARTS) is 1. The van der Waals surface area contributed by atoms with E-state index in [0.717, 1.165) is 23.7 Å². The lowest BCUT2D eigenvalue weighted by Crippen LogP contribution is -2.19. The topological polar surface area (TPSA) is 94.4 Å². The summed E-state index contributed by atoms with van der Waals surface area (Å²) in [5, 5.41) is 9.18. The number of aromatic nitrogens is 3. The molecule has 1 aliphatic heterocycles. The average Bonchev–Trinajstić information content (AvgIpc) is 2.83. The summed E-state index contributed by atoms with van der Waals surface area (Å²) in [4.78, 5) is 23.8. The Morgan fingerprint density at radius 2 is 2.06 bits per heavy atom. The van der Waals surface area contributed by atoms with E-state index >= 15 is 0 Å². The van der Waals surface area contributed by atoms with E-state index in [9.17, 15) is 23.1 Å². The molecule has 0 saturated heterocycles. The van der Waals surface area contributed by atoms with E-state index in [-0.39, 0.29) is 23.2 Å². The van der Waals surface area contributed by atoms with E-state index in [4.69, 9.17) is 9.47 Å². The van der Waals surface area contributed by atoms with Crippen LogP contribution in [0.3, 0.4) is 0 Å². The molecule has 2 unspecified atom stereocenters. The third-order valence-corrected chi connectivity index (χ3v) is 5.79. The Balaban J connectivity index is 1.54. The summed E-state index contributed by atoms with van der Waals surface area (Å²) in [5.41, 5.74) is 3.30. The number of benzene rings is 1. The highest BCUT2D eigenvalue weighted by Crippen LogP contribution is 2.36. The summed E-state index contributed by atoms with van der Waals surface area (Å²) >= 11 is 0. The van der Waals surface area contributed by atoms with Gasteiger partial charge in [0.25, 0.3) is 6.43 Å². The summed E-state index contributed by atoms with van der Waals surface area (Å²) in [7, 11) is 0. The minimum absolute atomic E-state index is 0.0403. The van der Waals surface area contributed by atoms with Crippen LogP contribution < -0.4 is 9.47 Å². The first kappa shape index (κ1) is 24.4. The second kappa shape index (κ2) is 10.3. The molecule has 7 nitrogen and oxygen atoms in total. The Bertz CT molecular complexity index is 1240. The number of aryl methyl sites for hydroxylation is 2. The van der Waals surface area contributed by atoms with Gasteiger partial charge in [0.15, 0.2) is 12.4 Å². The van der Waals surface area contributed by atoms with Crippen molar-refractivity contribution in [2.45, 2.75) is 45.6 Å². The second-order valence-electron chi connectivity index (χ2n) is 8.46. The van der Waals surface area contributed by atoms with Crippen molar-refractivity contribution in [1.82, 2.24) is 15.0 Å². The first-order chi connectivity index (χ1) is 16.7. The molecule has 2 aromatic heterocycles. The number of alkyl halides is 2. The number of hydrogen-bond acceptors (Lipinski definition) is 6. The van der Waals surface area contributed by atoms with Gasteiger partial charge < -0.3 is 14.6 Å². The third-order valence-electron chi connectivity index (χ3n) is 5.79. The lowest BCUT2D eigenvalue weighted by atomic mass is 9.95. The summed E-state index contributed by atoms with van der Waals surface area (Å²) in [6, 6.07) is 6.96. The van der Waals surface area contributed by atoms with E-state index in [0.29, 0.717) is 30.0 Å². The number of hydrogen-bond donors (Lipinski definition) is 1. The molecular weight excluding hydrogens is 463 g/mol. The maximum atomic E-state index is 14.4. The highest BCUT2D eigenvalue weighted by molar-refractivity contribution is 5.70. The van der Waals surface area contributed by atoms with Crippen LogP contribution in [0.1, 0.15) is 42.0 Å². The van der Waals surface area contributed by atoms with Gasteiger partial charge >= 0.3 is 5.97 Å². The van der Waals surface area contributed by atoms with Crippen LogP contribution in [0.5, 0.6) is 11.6 Å². The van der Waals surface area contributed by atoms with Crippen LogP contribution in [0.2, 0.25) is 0 Å². The van der Waals surface area contributed by atoms with Gasteiger partial charge in [0, 0.05) is 11.6 Å². The first-order valence-electron chi connectivity index (χ1n) is 11.1. The number of aliphatic carboxylic acids is 1. The number of carbonyl (C=O) groups is 1. The molecule has 184 valence electrons. The van der Waals surface area contributed by atoms with Crippen molar-refractivity contribution >= 4 is 5.97 Å². The number of rotatable bonds is 8. The van der Waals surface area contributed by atoms with Gasteiger partial charge in [-0.15, -0.1) is 0 Å². The molecule has 0 radical (unpaired) electrons.